The average molecular weight is 401 g/mol. The van der Waals surface area contributed by atoms with Crippen molar-refractivity contribution in [3.05, 3.63) is 96.1 Å². The van der Waals surface area contributed by atoms with Crippen LogP contribution in [0.2, 0.25) is 0 Å². The molecule has 0 radical (unpaired) electrons. The summed E-state index contributed by atoms with van der Waals surface area (Å²) >= 11 is 0. The van der Waals surface area contributed by atoms with Crippen LogP contribution in [0.25, 0.3) is 5.69 Å². The predicted molar refractivity (Wildman–Crippen MR) is 113 cm³/mol. The third-order valence-electron chi connectivity index (χ3n) is 4.78. The molecule has 0 aliphatic rings. The number of rotatable bonds is 7. The van der Waals surface area contributed by atoms with Crippen molar-refractivity contribution >= 4 is 5.91 Å². The maximum Gasteiger partial charge on any atom is 0.274 e. The van der Waals surface area contributed by atoms with Crippen molar-refractivity contribution in [2.24, 2.45) is 0 Å². The Morgan fingerprint density at radius 2 is 1.83 bits per heavy atom. The molecule has 4 aromatic rings. The number of hydrogen-bond acceptors (Lipinski definition) is 4. The van der Waals surface area contributed by atoms with Crippen LogP contribution in [0, 0.1) is 6.92 Å². The van der Waals surface area contributed by atoms with Crippen LogP contribution in [0.3, 0.4) is 0 Å². The van der Waals surface area contributed by atoms with Crippen molar-refractivity contribution in [2.45, 2.75) is 20.2 Å². The lowest BCUT2D eigenvalue weighted by molar-refractivity contribution is 0.0777. The van der Waals surface area contributed by atoms with Crippen LogP contribution < -0.4 is 4.74 Å². The third kappa shape index (κ3) is 4.41. The summed E-state index contributed by atoms with van der Waals surface area (Å²) in [6.45, 7) is 2.73. The summed E-state index contributed by atoms with van der Waals surface area (Å²) in [6, 6.07) is 19.3. The minimum absolute atomic E-state index is 0.138. The normalized spacial score (nSPS) is 10.7. The van der Waals surface area contributed by atoms with E-state index >= 15 is 0 Å². The second kappa shape index (κ2) is 8.65. The van der Waals surface area contributed by atoms with Gasteiger partial charge < -0.3 is 9.64 Å². The molecule has 7 heteroatoms. The Balaban J connectivity index is 1.35. The maximum absolute atomic E-state index is 12.7. The zero-order chi connectivity index (χ0) is 20.9. The summed E-state index contributed by atoms with van der Waals surface area (Å²) in [7, 11) is 1.77. The van der Waals surface area contributed by atoms with Gasteiger partial charge in [-0.1, -0.05) is 30.3 Å². The number of amides is 1. The van der Waals surface area contributed by atoms with Gasteiger partial charge in [0.15, 0.2) is 12.4 Å². The minimum atomic E-state index is -0.138. The smallest absolute Gasteiger partial charge is 0.274 e. The zero-order valence-electron chi connectivity index (χ0n) is 17.0. The van der Waals surface area contributed by atoms with Crippen LogP contribution in [0.4, 0.5) is 0 Å². The lowest BCUT2D eigenvalue weighted by atomic mass is 10.2. The number of ether oxygens (including phenoxy) is 1. The second-order valence-electron chi connectivity index (χ2n) is 7.06. The molecule has 1 amide bonds. The summed E-state index contributed by atoms with van der Waals surface area (Å²) in [5.41, 5.74) is 3.45. The molecule has 2 heterocycles. The van der Waals surface area contributed by atoms with E-state index in [0.29, 0.717) is 12.2 Å². The molecule has 7 nitrogen and oxygen atoms in total. The highest BCUT2D eigenvalue weighted by molar-refractivity contribution is 5.91. The van der Waals surface area contributed by atoms with Gasteiger partial charge in [-0.15, -0.1) is 0 Å². The summed E-state index contributed by atoms with van der Waals surface area (Å²) in [5, 5.41) is 8.57. The van der Waals surface area contributed by atoms with Gasteiger partial charge in [-0.2, -0.15) is 10.2 Å². The molecule has 0 saturated carbocycles. The average Bonchev–Trinajstić information content (AvgIpc) is 3.46. The molecule has 30 heavy (non-hydrogen) atoms. The van der Waals surface area contributed by atoms with Crippen LogP contribution in [0.15, 0.2) is 79.3 Å². The molecule has 0 bridgehead atoms. The first-order valence-corrected chi connectivity index (χ1v) is 9.66. The number of para-hydroxylation sites is 1. The predicted octanol–water partition coefficient (Wildman–Crippen LogP) is 3.69. The summed E-state index contributed by atoms with van der Waals surface area (Å²) in [6.07, 6.45) is 5.38. The highest BCUT2D eigenvalue weighted by atomic mass is 16.5. The molecule has 0 unspecified atom stereocenters. The van der Waals surface area contributed by atoms with Gasteiger partial charge in [0.25, 0.3) is 5.91 Å². The van der Waals surface area contributed by atoms with Crippen LogP contribution in [0.5, 0.6) is 5.75 Å². The van der Waals surface area contributed by atoms with E-state index in [9.17, 15) is 4.79 Å². The topological polar surface area (TPSA) is 65.2 Å². The minimum Gasteiger partial charge on any atom is -0.471 e. The van der Waals surface area contributed by atoms with Crippen LogP contribution in [0.1, 0.15) is 21.6 Å². The van der Waals surface area contributed by atoms with Gasteiger partial charge in [0.1, 0.15) is 5.75 Å². The lowest BCUT2D eigenvalue weighted by Crippen LogP contribution is -2.26. The Morgan fingerprint density at radius 1 is 1.03 bits per heavy atom. The maximum atomic E-state index is 12.7. The molecule has 0 aliphatic carbocycles. The fourth-order valence-electron chi connectivity index (χ4n) is 3.12. The van der Waals surface area contributed by atoms with Crippen LogP contribution in [-0.2, 0) is 13.3 Å². The van der Waals surface area contributed by atoms with Gasteiger partial charge in [0.2, 0.25) is 0 Å². The highest BCUT2D eigenvalue weighted by Gasteiger charge is 2.15. The lowest BCUT2D eigenvalue weighted by Gasteiger charge is -2.16. The van der Waals surface area contributed by atoms with Crippen molar-refractivity contribution in [1.82, 2.24) is 24.5 Å². The number of aromatic nitrogens is 4. The van der Waals surface area contributed by atoms with E-state index in [4.69, 9.17) is 4.74 Å². The monoisotopic (exact) mass is 401 g/mol. The van der Waals surface area contributed by atoms with Crippen molar-refractivity contribution in [3.8, 4) is 11.4 Å². The SMILES string of the molecule is Cc1ccccc1OCn1ccc(C(=O)N(C)Cc2ccc(-n3cccn3)cc2)n1. The number of benzene rings is 2. The van der Waals surface area contributed by atoms with Crippen molar-refractivity contribution < 1.29 is 9.53 Å². The van der Waals surface area contributed by atoms with Gasteiger partial charge in [-0.25, -0.2) is 9.36 Å². The third-order valence-corrected chi connectivity index (χ3v) is 4.78. The Labute approximate surface area is 175 Å². The van der Waals surface area contributed by atoms with E-state index < -0.39 is 0 Å². The molecule has 4 rings (SSSR count). The Bertz CT molecular complexity index is 1120. The van der Waals surface area contributed by atoms with E-state index in [2.05, 4.69) is 10.2 Å². The van der Waals surface area contributed by atoms with Crippen molar-refractivity contribution in [3.63, 3.8) is 0 Å². The summed E-state index contributed by atoms with van der Waals surface area (Å²) in [4.78, 5) is 14.4. The van der Waals surface area contributed by atoms with Crippen LogP contribution in [-0.4, -0.2) is 37.4 Å². The number of carbonyl (C=O) groups excluding carboxylic acids is 1. The highest BCUT2D eigenvalue weighted by Crippen LogP contribution is 2.17. The number of nitrogens with zero attached hydrogens (tertiary/aromatic N) is 5. The number of aryl methyl sites for hydroxylation is 1. The number of carbonyl (C=O) groups is 1. The molecule has 152 valence electrons. The van der Waals surface area contributed by atoms with Gasteiger partial charge in [-0.05, 0) is 48.4 Å². The standard InChI is InChI=1S/C23H23N5O2/c1-18-6-3-4-7-22(18)30-17-27-15-12-21(25-27)23(29)26(2)16-19-8-10-20(11-9-19)28-14-5-13-24-28/h3-15H,16-17H2,1-2H3. The molecule has 2 aromatic heterocycles. The molecule has 0 fully saturated rings. The van der Waals surface area contributed by atoms with E-state index in [0.717, 1.165) is 22.6 Å². The molecule has 0 N–H and O–H groups in total. The Hall–Kier alpha value is -3.87. The first-order valence-electron chi connectivity index (χ1n) is 9.66. The molecule has 0 spiro atoms. The van der Waals surface area contributed by atoms with Crippen LogP contribution >= 0.6 is 0 Å². The Kier molecular flexibility index (Phi) is 5.61. The fourth-order valence-corrected chi connectivity index (χ4v) is 3.12. The van der Waals surface area contributed by atoms with Gasteiger partial charge in [0, 0.05) is 32.2 Å². The largest absolute Gasteiger partial charge is 0.471 e. The van der Waals surface area contributed by atoms with Crippen molar-refractivity contribution in [1.29, 1.82) is 0 Å². The van der Waals surface area contributed by atoms with E-state index in [1.165, 1.54) is 0 Å². The first-order chi connectivity index (χ1) is 14.6. The first kappa shape index (κ1) is 19.4. The summed E-state index contributed by atoms with van der Waals surface area (Å²) < 4.78 is 9.20. The number of hydrogen-bond donors (Lipinski definition) is 0. The van der Waals surface area contributed by atoms with Gasteiger partial charge >= 0.3 is 0 Å². The van der Waals surface area contributed by atoms with E-state index in [-0.39, 0.29) is 12.6 Å². The van der Waals surface area contributed by atoms with Gasteiger partial charge in [-0.3, -0.25) is 4.79 Å². The molecule has 2 aromatic carbocycles. The molecule has 0 aliphatic heterocycles. The zero-order valence-corrected chi connectivity index (χ0v) is 17.0. The van der Waals surface area contributed by atoms with Gasteiger partial charge in [0.05, 0.1) is 5.69 Å². The quantitative estimate of drug-likeness (QED) is 0.474. The second-order valence-corrected chi connectivity index (χ2v) is 7.06. The molecular weight excluding hydrogens is 378 g/mol. The fraction of sp³-hybridized carbons (Fsp3) is 0.174. The molecular formula is C23H23N5O2. The summed E-state index contributed by atoms with van der Waals surface area (Å²) in [5.74, 6) is 0.664. The Morgan fingerprint density at radius 3 is 2.57 bits per heavy atom. The van der Waals surface area contributed by atoms with E-state index in [1.54, 1.807) is 39.8 Å². The molecule has 0 atom stereocenters. The van der Waals surface area contributed by atoms with E-state index in [1.807, 2.05) is 67.7 Å². The van der Waals surface area contributed by atoms with Crippen molar-refractivity contribution in [2.75, 3.05) is 7.05 Å². The molecule has 0 saturated heterocycles.